The van der Waals surface area contributed by atoms with Crippen LogP contribution in [0.5, 0.6) is 0 Å². The van der Waals surface area contributed by atoms with Crippen molar-refractivity contribution in [1.29, 1.82) is 0 Å². The zero-order chi connectivity index (χ0) is 13.0. The fourth-order valence-corrected chi connectivity index (χ4v) is 2.11. The molecule has 2 N–H and O–H groups in total. The van der Waals surface area contributed by atoms with Crippen molar-refractivity contribution in [3.8, 4) is 0 Å². The predicted molar refractivity (Wildman–Crippen MR) is 71.3 cm³/mol. The van der Waals surface area contributed by atoms with E-state index in [9.17, 15) is 0 Å². The number of aromatic amines is 1. The van der Waals surface area contributed by atoms with Gasteiger partial charge in [-0.1, -0.05) is 6.07 Å². The van der Waals surface area contributed by atoms with Crippen molar-refractivity contribution in [1.82, 2.24) is 25.5 Å². The summed E-state index contributed by atoms with van der Waals surface area (Å²) < 4.78 is 0. The fourth-order valence-electron chi connectivity index (χ4n) is 1.35. The summed E-state index contributed by atoms with van der Waals surface area (Å²) in [5, 5.41) is 11.8. The van der Waals surface area contributed by atoms with Crippen LogP contribution in [-0.2, 0) is 6.54 Å². The fraction of sp³-hybridized carbons (Fsp3) is 0.417. The lowest BCUT2D eigenvalue weighted by Crippen LogP contribution is -2.35. The Bertz CT molecular complexity index is 489. The van der Waals surface area contributed by atoms with Crippen LogP contribution in [0.15, 0.2) is 34.8 Å². The maximum Gasteiger partial charge on any atom is 0.189 e. The molecule has 0 radical (unpaired) electrons. The normalized spacial score (nSPS) is 11.7. The number of pyridine rings is 1. The molecule has 0 aromatic carbocycles. The van der Waals surface area contributed by atoms with Crippen LogP contribution in [0, 0.1) is 0 Å². The van der Waals surface area contributed by atoms with Crippen molar-refractivity contribution < 1.29 is 0 Å². The van der Waals surface area contributed by atoms with Crippen LogP contribution in [-0.4, -0.2) is 25.7 Å². The van der Waals surface area contributed by atoms with E-state index in [0.29, 0.717) is 0 Å². The first kappa shape index (κ1) is 13.0. The third-order valence-corrected chi connectivity index (χ3v) is 3.20. The number of hydrogen-bond acceptors (Lipinski definition) is 5. The Labute approximate surface area is 111 Å². The highest BCUT2D eigenvalue weighted by Crippen LogP contribution is 2.25. The Morgan fingerprint density at radius 1 is 1.33 bits per heavy atom. The van der Waals surface area contributed by atoms with Crippen molar-refractivity contribution >= 4 is 11.8 Å². The monoisotopic (exact) mass is 263 g/mol. The van der Waals surface area contributed by atoms with Crippen LogP contribution in [0.25, 0.3) is 0 Å². The second-order valence-corrected chi connectivity index (χ2v) is 5.94. The standard InChI is InChI=1S/C12H17N5S/c1-12(2,3)15-7-9-5-4-6-13-10(9)18-11-14-8-16-17-11/h4-6,8,15H,7H2,1-3H3,(H,14,16,17). The van der Waals surface area contributed by atoms with Gasteiger partial charge in [0.05, 0.1) is 0 Å². The van der Waals surface area contributed by atoms with Crippen LogP contribution in [0.4, 0.5) is 0 Å². The van der Waals surface area contributed by atoms with Gasteiger partial charge in [0.2, 0.25) is 0 Å². The van der Waals surface area contributed by atoms with Gasteiger partial charge in [0.1, 0.15) is 11.4 Å². The molecule has 0 fully saturated rings. The first-order valence-electron chi connectivity index (χ1n) is 5.77. The molecule has 0 unspecified atom stereocenters. The first-order chi connectivity index (χ1) is 8.54. The molecule has 6 heteroatoms. The molecular formula is C12H17N5S. The SMILES string of the molecule is CC(C)(C)NCc1cccnc1Sc1ncn[nH]1. The van der Waals surface area contributed by atoms with Crippen molar-refractivity contribution in [3.05, 3.63) is 30.2 Å². The molecule has 2 rings (SSSR count). The van der Waals surface area contributed by atoms with E-state index >= 15 is 0 Å². The molecular weight excluding hydrogens is 246 g/mol. The molecule has 0 saturated carbocycles. The van der Waals surface area contributed by atoms with E-state index in [0.717, 1.165) is 22.3 Å². The zero-order valence-corrected chi connectivity index (χ0v) is 11.6. The average molecular weight is 263 g/mol. The molecule has 0 amide bonds. The summed E-state index contributed by atoms with van der Waals surface area (Å²) in [5.41, 5.74) is 1.25. The number of H-pyrrole nitrogens is 1. The number of aromatic nitrogens is 4. The minimum Gasteiger partial charge on any atom is -0.308 e. The van der Waals surface area contributed by atoms with Gasteiger partial charge in [0, 0.05) is 18.3 Å². The molecule has 0 aliphatic heterocycles. The van der Waals surface area contributed by atoms with Gasteiger partial charge in [-0.15, -0.1) is 0 Å². The number of hydrogen-bond donors (Lipinski definition) is 2. The van der Waals surface area contributed by atoms with Gasteiger partial charge in [0.15, 0.2) is 5.16 Å². The smallest absolute Gasteiger partial charge is 0.189 e. The average Bonchev–Trinajstić information content (AvgIpc) is 2.80. The number of nitrogens with zero attached hydrogens (tertiary/aromatic N) is 3. The molecule has 0 aliphatic rings. The van der Waals surface area contributed by atoms with Gasteiger partial charge in [-0.3, -0.25) is 5.10 Å². The predicted octanol–water partition coefficient (Wildman–Crippen LogP) is 2.24. The van der Waals surface area contributed by atoms with E-state index in [2.05, 4.69) is 52.3 Å². The maximum absolute atomic E-state index is 4.39. The summed E-state index contributed by atoms with van der Waals surface area (Å²) in [7, 11) is 0. The highest BCUT2D eigenvalue weighted by molar-refractivity contribution is 7.99. The van der Waals surface area contributed by atoms with Gasteiger partial charge < -0.3 is 5.32 Å². The molecule has 2 heterocycles. The van der Waals surface area contributed by atoms with E-state index in [1.165, 1.54) is 18.1 Å². The molecule has 2 aromatic rings. The van der Waals surface area contributed by atoms with Crippen molar-refractivity contribution in [2.24, 2.45) is 0 Å². The summed E-state index contributed by atoms with van der Waals surface area (Å²) in [6, 6.07) is 4.02. The molecule has 18 heavy (non-hydrogen) atoms. The van der Waals surface area contributed by atoms with Gasteiger partial charge in [0.25, 0.3) is 0 Å². The van der Waals surface area contributed by atoms with Gasteiger partial charge in [-0.05, 0) is 44.2 Å². The molecule has 0 bridgehead atoms. The number of nitrogens with one attached hydrogen (secondary N) is 2. The first-order valence-corrected chi connectivity index (χ1v) is 6.58. The lowest BCUT2D eigenvalue weighted by atomic mass is 10.1. The minimum atomic E-state index is 0.0873. The molecule has 0 atom stereocenters. The summed E-state index contributed by atoms with van der Waals surface area (Å²) in [6.07, 6.45) is 3.29. The Morgan fingerprint density at radius 3 is 2.83 bits per heavy atom. The lowest BCUT2D eigenvalue weighted by molar-refractivity contribution is 0.422. The van der Waals surface area contributed by atoms with Gasteiger partial charge in [-0.2, -0.15) is 5.10 Å². The van der Waals surface area contributed by atoms with Crippen molar-refractivity contribution in [2.45, 2.75) is 43.0 Å². The van der Waals surface area contributed by atoms with E-state index in [4.69, 9.17) is 0 Å². The molecule has 0 saturated heterocycles. The molecule has 0 aliphatic carbocycles. The van der Waals surface area contributed by atoms with Crippen LogP contribution in [0.1, 0.15) is 26.3 Å². The second-order valence-electron chi connectivity index (χ2n) is 4.96. The largest absolute Gasteiger partial charge is 0.308 e. The van der Waals surface area contributed by atoms with Crippen LogP contribution >= 0.6 is 11.8 Å². The Kier molecular flexibility index (Phi) is 3.98. The van der Waals surface area contributed by atoms with Crippen LogP contribution in [0.3, 0.4) is 0 Å². The Morgan fingerprint density at radius 2 is 2.17 bits per heavy atom. The minimum absolute atomic E-state index is 0.0873. The van der Waals surface area contributed by atoms with E-state index in [1.807, 2.05) is 6.07 Å². The molecule has 0 spiro atoms. The summed E-state index contributed by atoms with van der Waals surface area (Å²) in [5.74, 6) is 0. The Balaban J connectivity index is 2.10. The maximum atomic E-state index is 4.39. The topological polar surface area (TPSA) is 66.5 Å². The number of rotatable bonds is 4. The molecule has 2 aromatic heterocycles. The third kappa shape index (κ3) is 3.82. The summed E-state index contributed by atoms with van der Waals surface area (Å²) >= 11 is 1.49. The molecule has 96 valence electrons. The highest BCUT2D eigenvalue weighted by atomic mass is 32.2. The zero-order valence-electron chi connectivity index (χ0n) is 10.8. The second kappa shape index (κ2) is 5.49. The molecule has 5 nitrogen and oxygen atoms in total. The van der Waals surface area contributed by atoms with Crippen molar-refractivity contribution in [2.75, 3.05) is 0 Å². The third-order valence-electron chi connectivity index (χ3n) is 2.25. The van der Waals surface area contributed by atoms with Crippen LogP contribution in [0.2, 0.25) is 0 Å². The van der Waals surface area contributed by atoms with E-state index < -0.39 is 0 Å². The van der Waals surface area contributed by atoms with Gasteiger partial charge in [-0.25, -0.2) is 9.97 Å². The van der Waals surface area contributed by atoms with E-state index in [-0.39, 0.29) is 5.54 Å². The summed E-state index contributed by atoms with van der Waals surface area (Å²) in [4.78, 5) is 8.49. The van der Waals surface area contributed by atoms with E-state index in [1.54, 1.807) is 6.20 Å². The summed E-state index contributed by atoms with van der Waals surface area (Å²) in [6.45, 7) is 7.22. The van der Waals surface area contributed by atoms with Gasteiger partial charge >= 0.3 is 0 Å². The Hall–Kier alpha value is -1.40. The quantitative estimate of drug-likeness (QED) is 0.885. The highest BCUT2D eigenvalue weighted by Gasteiger charge is 2.12. The lowest BCUT2D eigenvalue weighted by Gasteiger charge is -2.21. The van der Waals surface area contributed by atoms with Crippen molar-refractivity contribution in [3.63, 3.8) is 0 Å². The van der Waals surface area contributed by atoms with Crippen LogP contribution < -0.4 is 5.32 Å².